The number of rotatable bonds is 4. The maximum absolute atomic E-state index is 12.3. The van der Waals surface area contributed by atoms with Crippen molar-refractivity contribution >= 4 is 11.6 Å². The second kappa shape index (κ2) is 7.71. The van der Waals surface area contributed by atoms with Crippen molar-refractivity contribution in [3.05, 3.63) is 60.2 Å². The average molecular weight is 366 g/mol. The summed E-state index contributed by atoms with van der Waals surface area (Å²) in [5, 5.41) is 9.38. The van der Waals surface area contributed by atoms with Gasteiger partial charge in [-0.2, -0.15) is 0 Å². The Morgan fingerprint density at radius 1 is 1.00 bits per heavy atom. The van der Waals surface area contributed by atoms with Crippen LogP contribution < -0.4 is 4.90 Å². The van der Waals surface area contributed by atoms with Gasteiger partial charge in [0.2, 0.25) is 0 Å². The quantitative estimate of drug-likeness (QED) is 0.904. The van der Waals surface area contributed by atoms with E-state index in [4.69, 9.17) is 4.74 Å². The summed E-state index contributed by atoms with van der Waals surface area (Å²) < 4.78 is 6.05. The molecule has 2 aromatic carbocycles. The van der Waals surface area contributed by atoms with Gasteiger partial charge in [0.1, 0.15) is 12.4 Å². The van der Waals surface area contributed by atoms with Crippen molar-refractivity contribution in [2.45, 2.75) is 24.9 Å². The number of nitrogens with zero attached hydrogens (tertiary/aromatic N) is 2. The van der Waals surface area contributed by atoms with Crippen molar-refractivity contribution in [3.63, 3.8) is 0 Å². The lowest BCUT2D eigenvalue weighted by molar-refractivity contribution is -0.144. The summed E-state index contributed by atoms with van der Waals surface area (Å²) in [7, 11) is 0. The molecule has 1 N–H and O–H groups in total. The van der Waals surface area contributed by atoms with E-state index in [9.17, 15) is 9.90 Å². The molecule has 27 heavy (non-hydrogen) atoms. The second-order valence-electron chi connectivity index (χ2n) is 7.55. The summed E-state index contributed by atoms with van der Waals surface area (Å²) >= 11 is 0. The number of piperidine rings is 1. The fourth-order valence-corrected chi connectivity index (χ4v) is 3.99. The number of benzene rings is 2. The third kappa shape index (κ3) is 4.15. The molecule has 0 radical (unpaired) electrons. The van der Waals surface area contributed by atoms with E-state index in [-0.39, 0.29) is 18.1 Å². The first kappa shape index (κ1) is 18.0. The molecule has 5 nitrogen and oxygen atoms in total. The number of aromatic hydroxyl groups is 1. The van der Waals surface area contributed by atoms with E-state index in [1.54, 1.807) is 12.1 Å². The molecule has 2 aromatic rings. The Kier molecular flexibility index (Phi) is 5.14. The number of anilines is 1. The van der Waals surface area contributed by atoms with Gasteiger partial charge in [-0.3, -0.25) is 4.79 Å². The maximum atomic E-state index is 12.3. The number of para-hydroxylation sites is 1. The van der Waals surface area contributed by atoms with Crippen molar-refractivity contribution in [2.75, 3.05) is 37.7 Å². The van der Waals surface area contributed by atoms with Crippen LogP contribution in [0.4, 0.5) is 5.69 Å². The van der Waals surface area contributed by atoms with Gasteiger partial charge in [-0.1, -0.05) is 30.3 Å². The number of likely N-dealkylation sites (tertiary alicyclic amines) is 1. The minimum atomic E-state index is -0.223. The van der Waals surface area contributed by atoms with Crippen molar-refractivity contribution < 1.29 is 14.6 Å². The SMILES string of the molecule is O=C1COC2(CCN(CCc3ccc(O)cc3)CC2)CN1c1ccccc1. The molecule has 142 valence electrons. The third-order valence-electron chi connectivity index (χ3n) is 5.74. The fourth-order valence-electron chi connectivity index (χ4n) is 3.99. The smallest absolute Gasteiger partial charge is 0.253 e. The van der Waals surface area contributed by atoms with Crippen LogP contribution in [0.15, 0.2) is 54.6 Å². The predicted octanol–water partition coefficient (Wildman–Crippen LogP) is 2.83. The molecule has 0 aliphatic carbocycles. The van der Waals surface area contributed by atoms with Crippen molar-refractivity contribution in [1.29, 1.82) is 0 Å². The van der Waals surface area contributed by atoms with Crippen LogP contribution in [0.3, 0.4) is 0 Å². The van der Waals surface area contributed by atoms with Crippen LogP contribution in [-0.2, 0) is 16.0 Å². The lowest BCUT2D eigenvalue weighted by Crippen LogP contribution is -2.59. The van der Waals surface area contributed by atoms with Crippen LogP contribution in [0.2, 0.25) is 0 Å². The fraction of sp³-hybridized carbons (Fsp3) is 0.409. The second-order valence-corrected chi connectivity index (χ2v) is 7.55. The number of phenolic OH excluding ortho intramolecular Hbond substituents is 1. The minimum Gasteiger partial charge on any atom is -0.508 e. The van der Waals surface area contributed by atoms with Gasteiger partial charge in [0.25, 0.3) is 5.91 Å². The first-order valence-electron chi connectivity index (χ1n) is 9.63. The van der Waals surface area contributed by atoms with E-state index in [0.717, 1.165) is 44.6 Å². The molecule has 1 spiro atoms. The summed E-state index contributed by atoms with van der Waals surface area (Å²) in [6, 6.07) is 17.3. The molecule has 5 heteroatoms. The first-order chi connectivity index (χ1) is 13.1. The number of morpholine rings is 1. The molecule has 0 atom stereocenters. The third-order valence-corrected chi connectivity index (χ3v) is 5.74. The monoisotopic (exact) mass is 366 g/mol. The zero-order valence-corrected chi connectivity index (χ0v) is 15.5. The molecule has 0 bridgehead atoms. The number of hydrogen-bond donors (Lipinski definition) is 1. The minimum absolute atomic E-state index is 0.0431. The van der Waals surface area contributed by atoms with Gasteiger partial charge in [-0.05, 0) is 49.1 Å². The van der Waals surface area contributed by atoms with E-state index in [1.807, 2.05) is 47.4 Å². The van der Waals surface area contributed by atoms with Crippen LogP contribution >= 0.6 is 0 Å². The van der Waals surface area contributed by atoms with E-state index < -0.39 is 0 Å². The van der Waals surface area contributed by atoms with Gasteiger partial charge in [-0.15, -0.1) is 0 Å². The molecule has 0 aromatic heterocycles. The molecular formula is C22H26N2O3. The lowest BCUT2D eigenvalue weighted by Gasteiger charge is -2.47. The van der Waals surface area contributed by atoms with Crippen molar-refractivity contribution in [1.82, 2.24) is 4.90 Å². The summed E-state index contributed by atoms with van der Waals surface area (Å²) in [4.78, 5) is 16.7. The van der Waals surface area contributed by atoms with E-state index in [2.05, 4.69) is 4.90 Å². The number of amides is 1. The molecule has 2 aliphatic rings. The molecule has 1 amide bonds. The highest BCUT2D eigenvalue weighted by molar-refractivity contribution is 5.95. The number of carbonyl (C=O) groups excluding carboxylic acids is 1. The Balaban J connectivity index is 1.33. The van der Waals surface area contributed by atoms with Crippen LogP contribution in [0.5, 0.6) is 5.75 Å². The summed E-state index contributed by atoms with van der Waals surface area (Å²) in [5.41, 5.74) is 1.97. The highest BCUT2D eigenvalue weighted by Crippen LogP contribution is 2.32. The predicted molar refractivity (Wildman–Crippen MR) is 105 cm³/mol. The highest BCUT2D eigenvalue weighted by Gasteiger charge is 2.42. The molecular weight excluding hydrogens is 340 g/mol. The molecule has 2 saturated heterocycles. The van der Waals surface area contributed by atoms with Crippen molar-refractivity contribution in [2.24, 2.45) is 0 Å². The zero-order valence-electron chi connectivity index (χ0n) is 15.5. The van der Waals surface area contributed by atoms with E-state index in [0.29, 0.717) is 12.3 Å². The van der Waals surface area contributed by atoms with Gasteiger partial charge in [-0.25, -0.2) is 0 Å². The summed E-state index contributed by atoms with van der Waals surface area (Å²) in [6.07, 6.45) is 2.86. The Hall–Kier alpha value is -2.37. The Labute approximate surface area is 160 Å². The van der Waals surface area contributed by atoms with Crippen LogP contribution in [-0.4, -0.2) is 54.3 Å². The van der Waals surface area contributed by atoms with Gasteiger partial charge >= 0.3 is 0 Å². The number of ether oxygens (including phenoxy) is 1. The maximum Gasteiger partial charge on any atom is 0.253 e. The van der Waals surface area contributed by atoms with E-state index in [1.165, 1.54) is 5.56 Å². The zero-order chi connectivity index (χ0) is 18.7. The van der Waals surface area contributed by atoms with E-state index >= 15 is 0 Å². The Morgan fingerprint density at radius 2 is 1.70 bits per heavy atom. The summed E-state index contributed by atoms with van der Waals surface area (Å²) in [6.45, 7) is 3.77. The largest absolute Gasteiger partial charge is 0.508 e. The molecule has 2 aliphatic heterocycles. The normalized spacial score (nSPS) is 20.1. The van der Waals surface area contributed by atoms with Crippen LogP contribution in [0.1, 0.15) is 18.4 Å². The Bertz CT molecular complexity index is 768. The molecule has 2 heterocycles. The van der Waals surface area contributed by atoms with Crippen LogP contribution in [0.25, 0.3) is 0 Å². The van der Waals surface area contributed by atoms with Gasteiger partial charge in [0, 0.05) is 25.3 Å². The average Bonchev–Trinajstić information content (AvgIpc) is 2.71. The lowest BCUT2D eigenvalue weighted by atomic mass is 9.89. The number of hydrogen-bond acceptors (Lipinski definition) is 4. The topological polar surface area (TPSA) is 53.0 Å². The summed E-state index contributed by atoms with van der Waals surface area (Å²) in [5.74, 6) is 0.354. The molecule has 0 saturated carbocycles. The first-order valence-corrected chi connectivity index (χ1v) is 9.63. The number of carbonyl (C=O) groups is 1. The molecule has 2 fully saturated rings. The van der Waals surface area contributed by atoms with Gasteiger partial charge in [0.05, 0.1) is 12.1 Å². The molecule has 0 unspecified atom stereocenters. The standard InChI is InChI=1S/C22H26N2O3/c25-20-8-6-18(7-9-20)10-13-23-14-11-22(12-15-23)17-24(21(26)16-27-22)19-4-2-1-3-5-19/h1-9,25H,10-17H2. The van der Waals surface area contributed by atoms with Crippen molar-refractivity contribution in [3.8, 4) is 5.75 Å². The van der Waals surface area contributed by atoms with Gasteiger partial charge < -0.3 is 19.6 Å². The molecule has 4 rings (SSSR count). The highest BCUT2D eigenvalue weighted by atomic mass is 16.5. The van der Waals surface area contributed by atoms with Gasteiger partial charge in [0.15, 0.2) is 0 Å². The van der Waals surface area contributed by atoms with Crippen LogP contribution in [0, 0.1) is 0 Å². The Morgan fingerprint density at radius 3 is 2.41 bits per heavy atom. The number of phenols is 1.